The molecule has 21 heavy (non-hydrogen) atoms. The van der Waals surface area contributed by atoms with E-state index in [1.807, 2.05) is 43.3 Å². The highest BCUT2D eigenvalue weighted by atomic mass is 16.5. The summed E-state index contributed by atoms with van der Waals surface area (Å²) in [7, 11) is 0. The van der Waals surface area contributed by atoms with Gasteiger partial charge in [0.1, 0.15) is 11.5 Å². The maximum atomic E-state index is 9.75. The number of hydrogen-bond acceptors (Lipinski definition) is 3. The third-order valence-corrected chi connectivity index (χ3v) is 3.46. The van der Waals surface area contributed by atoms with Crippen LogP contribution in [0.25, 0.3) is 10.8 Å². The zero-order chi connectivity index (χ0) is 14.7. The van der Waals surface area contributed by atoms with Gasteiger partial charge in [-0.3, -0.25) is 4.98 Å². The Morgan fingerprint density at radius 2 is 1.86 bits per heavy atom. The van der Waals surface area contributed by atoms with Gasteiger partial charge in [0.25, 0.3) is 0 Å². The molecule has 0 aliphatic rings. The molecular formula is C18H17NO2. The molecule has 3 nitrogen and oxygen atoms in total. The molecule has 3 rings (SSSR count). The smallest absolute Gasteiger partial charge is 0.145 e. The van der Waals surface area contributed by atoms with Crippen LogP contribution in [-0.4, -0.2) is 10.1 Å². The van der Waals surface area contributed by atoms with E-state index in [4.69, 9.17) is 4.74 Å². The minimum Gasteiger partial charge on any atom is -0.455 e. The summed E-state index contributed by atoms with van der Waals surface area (Å²) >= 11 is 0. The van der Waals surface area contributed by atoms with Crippen molar-refractivity contribution in [2.45, 2.75) is 19.4 Å². The topological polar surface area (TPSA) is 42.4 Å². The van der Waals surface area contributed by atoms with Crippen LogP contribution >= 0.6 is 0 Å². The molecule has 0 bridgehead atoms. The van der Waals surface area contributed by atoms with Gasteiger partial charge in [-0.1, -0.05) is 43.3 Å². The molecule has 106 valence electrons. The number of nitrogens with zero attached hydrogens (tertiary/aromatic N) is 1. The highest BCUT2D eigenvalue weighted by Gasteiger charge is 2.07. The van der Waals surface area contributed by atoms with Gasteiger partial charge in [0, 0.05) is 5.39 Å². The third kappa shape index (κ3) is 2.88. The fourth-order valence-electron chi connectivity index (χ4n) is 2.27. The number of fused-ring (bicyclic) bond motifs is 1. The Bertz CT molecular complexity index is 732. The Morgan fingerprint density at radius 3 is 2.62 bits per heavy atom. The molecule has 0 unspecified atom stereocenters. The van der Waals surface area contributed by atoms with Gasteiger partial charge in [0.15, 0.2) is 0 Å². The van der Waals surface area contributed by atoms with Crippen LogP contribution < -0.4 is 4.74 Å². The van der Waals surface area contributed by atoms with Crippen LogP contribution in [0.3, 0.4) is 0 Å². The standard InChI is InChI=1S/C18H17NO2/c1-2-17(20)16-11-10-14(12-19-16)21-18-9-5-7-13-6-3-4-8-15(13)18/h3-12,17,20H,2H2,1H3/t17-/m0/s1. The quantitative estimate of drug-likeness (QED) is 0.766. The Morgan fingerprint density at radius 1 is 1.05 bits per heavy atom. The molecule has 3 aromatic rings. The maximum Gasteiger partial charge on any atom is 0.145 e. The molecule has 2 aromatic carbocycles. The number of ether oxygens (including phenoxy) is 1. The lowest BCUT2D eigenvalue weighted by Crippen LogP contribution is -1.98. The van der Waals surface area contributed by atoms with Crippen LogP contribution in [-0.2, 0) is 0 Å². The van der Waals surface area contributed by atoms with E-state index in [9.17, 15) is 5.11 Å². The first-order valence-electron chi connectivity index (χ1n) is 7.07. The molecule has 3 heteroatoms. The molecule has 0 spiro atoms. The molecule has 0 saturated carbocycles. The van der Waals surface area contributed by atoms with Crippen LogP contribution in [0.15, 0.2) is 60.8 Å². The van der Waals surface area contributed by atoms with E-state index >= 15 is 0 Å². The van der Waals surface area contributed by atoms with Crippen LogP contribution in [0, 0.1) is 0 Å². The summed E-state index contributed by atoms with van der Waals surface area (Å²) in [6.07, 6.45) is 1.78. The second kappa shape index (κ2) is 5.94. The van der Waals surface area contributed by atoms with Crippen molar-refractivity contribution in [3.63, 3.8) is 0 Å². The first kappa shape index (κ1) is 13.6. The van der Waals surface area contributed by atoms with Gasteiger partial charge in [-0.15, -0.1) is 0 Å². The number of pyridine rings is 1. The van der Waals surface area contributed by atoms with E-state index < -0.39 is 6.10 Å². The lowest BCUT2D eigenvalue weighted by molar-refractivity contribution is 0.169. The number of rotatable bonds is 4. The molecule has 1 atom stereocenters. The predicted molar refractivity (Wildman–Crippen MR) is 83.5 cm³/mol. The minimum absolute atomic E-state index is 0.517. The molecule has 0 fully saturated rings. The van der Waals surface area contributed by atoms with E-state index in [2.05, 4.69) is 17.1 Å². The van der Waals surface area contributed by atoms with Crippen LogP contribution in [0.2, 0.25) is 0 Å². The van der Waals surface area contributed by atoms with Crippen molar-refractivity contribution in [2.75, 3.05) is 0 Å². The summed E-state index contributed by atoms with van der Waals surface area (Å²) < 4.78 is 5.92. The van der Waals surface area contributed by atoms with Crippen molar-refractivity contribution in [3.8, 4) is 11.5 Å². The molecule has 0 aliphatic carbocycles. The number of hydrogen-bond donors (Lipinski definition) is 1. The number of aromatic nitrogens is 1. The van der Waals surface area contributed by atoms with E-state index in [1.54, 1.807) is 12.3 Å². The summed E-state index contributed by atoms with van der Waals surface area (Å²) in [6.45, 7) is 1.92. The highest BCUT2D eigenvalue weighted by molar-refractivity contribution is 5.88. The lowest BCUT2D eigenvalue weighted by atomic mass is 10.1. The van der Waals surface area contributed by atoms with Gasteiger partial charge < -0.3 is 9.84 Å². The largest absolute Gasteiger partial charge is 0.455 e. The van der Waals surface area contributed by atoms with Crippen molar-refractivity contribution in [1.82, 2.24) is 4.98 Å². The summed E-state index contributed by atoms with van der Waals surface area (Å²) in [5.74, 6) is 1.47. The second-order valence-corrected chi connectivity index (χ2v) is 4.92. The Hall–Kier alpha value is -2.39. The number of aliphatic hydroxyl groups is 1. The first-order valence-corrected chi connectivity index (χ1v) is 7.07. The Labute approximate surface area is 123 Å². The summed E-state index contributed by atoms with van der Waals surface area (Å²) in [5, 5.41) is 12.0. The lowest BCUT2D eigenvalue weighted by Gasteiger charge is -2.10. The van der Waals surface area contributed by atoms with Gasteiger partial charge in [0.2, 0.25) is 0 Å². The molecule has 1 N–H and O–H groups in total. The molecular weight excluding hydrogens is 262 g/mol. The van der Waals surface area contributed by atoms with E-state index in [0.29, 0.717) is 17.9 Å². The van der Waals surface area contributed by atoms with Gasteiger partial charge in [0.05, 0.1) is 18.0 Å². The molecule has 1 aromatic heterocycles. The summed E-state index contributed by atoms with van der Waals surface area (Å²) in [4.78, 5) is 4.25. The van der Waals surface area contributed by atoms with Crippen molar-refractivity contribution in [3.05, 3.63) is 66.5 Å². The molecule has 1 heterocycles. The zero-order valence-corrected chi connectivity index (χ0v) is 11.9. The summed E-state index contributed by atoms with van der Waals surface area (Å²) in [5.41, 5.74) is 0.669. The monoisotopic (exact) mass is 279 g/mol. The normalized spacial score (nSPS) is 12.3. The van der Waals surface area contributed by atoms with Crippen LogP contribution in [0.4, 0.5) is 0 Å². The van der Waals surface area contributed by atoms with Gasteiger partial charge in [-0.25, -0.2) is 0 Å². The number of benzene rings is 2. The van der Waals surface area contributed by atoms with Crippen molar-refractivity contribution >= 4 is 10.8 Å². The molecule has 0 amide bonds. The summed E-state index contributed by atoms with van der Waals surface area (Å²) in [6, 6.07) is 17.7. The zero-order valence-electron chi connectivity index (χ0n) is 11.9. The van der Waals surface area contributed by atoms with E-state index in [-0.39, 0.29) is 0 Å². The number of aliphatic hydroxyl groups excluding tert-OH is 1. The highest BCUT2D eigenvalue weighted by Crippen LogP contribution is 2.29. The van der Waals surface area contributed by atoms with E-state index in [1.165, 1.54) is 0 Å². The maximum absolute atomic E-state index is 9.75. The second-order valence-electron chi connectivity index (χ2n) is 4.92. The van der Waals surface area contributed by atoms with E-state index in [0.717, 1.165) is 16.5 Å². The fraction of sp³-hybridized carbons (Fsp3) is 0.167. The van der Waals surface area contributed by atoms with Crippen LogP contribution in [0.1, 0.15) is 25.1 Å². The van der Waals surface area contributed by atoms with Crippen molar-refractivity contribution in [2.24, 2.45) is 0 Å². The SMILES string of the molecule is CC[C@H](O)c1ccc(Oc2cccc3ccccc23)cn1. The van der Waals surface area contributed by atoms with Gasteiger partial charge in [-0.05, 0) is 30.0 Å². The first-order chi connectivity index (χ1) is 10.3. The fourth-order valence-corrected chi connectivity index (χ4v) is 2.27. The Balaban J connectivity index is 1.88. The van der Waals surface area contributed by atoms with Crippen molar-refractivity contribution in [1.29, 1.82) is 0 Å². The third-order valence-electron chi connectivity index (χ3n) is 3.46. The molecule has 0 saturated heterocycles. The predicted octanol–water partition coefficient (Wildman–Crippen LogP) is 4.47. The molecule has 0 radical (unpaired) electrons. The van der Waals surface area contributed by atoms with Crippen LogP contribution in [0.5, 0.6) is 11.5 Å². The minimum atomic E-state index is -0.517. The average molecular weight is 279 g/mol. The van der Waals surface area contributed by atoms with Gasteiger partial charge in [-0.2, -0.15) is 0 Å². The average Bonchev–Trinajstić information content (AvgIpc) is 2.55. The van der Waals surface area contributed by atoms with Gasteiger partial charge >= 0.3 is 0 Å². The Kier molecular flexibility index (Phi) is 3.84. The molecule has 0 aliphatic heterocycles. The van der Waals surface area contributed by atoms with Crippen molar-refractivity contribution < 1.29 is 9.84 Å².